The first kappa shape index (κ1) is 7.11. The van der Waals surface area contributed by atoms with Crippen molar-refractivity contribution >= 4 is 0 Å². The Labute approximate surface area is 67.7 Å². The molecule has 1 heterocycles. The van der Waals surface area contributed by atoms with Gasteiger partial charge in [0.05, 0.1) is 0 Å². The Morgan fingerprint density at radius 1 is 1.55 bits per heavy atom. The maximum atomic E-state index is 5.58. The molecule has 60 valence electrons. The molecule has 0 aromatic rings. The fourth-order valence-corrected chi connectivity index (χ4v) is 1.65. The summed E-state index contributed by atoms with van der Waals surface area (Å²) in [6, 6.07) is 0. The zero-order valence-electron chi connectivity index (χ0n) is 7.13. The summed E-state index contributed by atoms with van der Waals surface area (Å²) >= 11 is 0. The van der Waals surface area contributed by atoms with Crippen molar-refractivity contribution in [2.45, 2.75) is 38.4 Å². The molecule has 0 bridgehead atoms. The minimum Gasteiger partial charge on any atom is -0.357 e. The van der Waals surface area contributed by atoms with Crippen molar-refractivity contribution in [2.75, 3.05) is 0 Å². The van der Waals surface area contributed by atoms with Crippen LogP contribution in [0, 0.1) is 0 Å². The number of hydrogen-bond acceptors (Lipinski definition) is 1. The molecule has 1 heteroatoms. The van der Waals surface area contributed by atoms with Gasteiger partial charge in [0.1, 0.15) is 11.7 Å². The molecule has 1 fully saturated rings. The molecule has 0 saturated carbocycles. The van der Waals surface area contributed by atoms with Crippen molar-refractivity contribution in [2.24, 2.45) is 0 Å². The van der Waals surface area contributed by atoms with Gasteiger partial charge in [-0.05, 0) is 30.6 Å². The molecule has 1 aliphatic carbocycles. The van der Waals surface area contributed by atoms with Crippen LogP contribution in [-0.2, 0) is 4.74 Å². The number of hydrogen-bond donors (Lipinski definition) is 0. The highest BCUT2D eigenvalue weighted by Crippen LogP contribution is 2.45. The third kappa shape index (κ3) is 0.951. The Kier molecular flexibility index (Phi) is 1.43. The Balaban J connectivity index is 2.15. The maximum absolute atomic E-state index is 5.58. The van der Waals surface area contributed by atoms with Crippen LogP contribution in [0.25, 0.3) is 0 Å². The summed E-state index contributed by atoms with van der Waals surface area (Å²) in [4.78, 5) is 0. The lowest BCUT2D eigenvalue weighted by molar-refractivity contribution is 0.335. The van der Waals surface area contributed by atoms with Gasteiger partial charge < -0.3 is 4.74 Å². The molecular formula is C10H14O. The van der Waals surface area contributed by atoms with E-state index in [2.05, 4.69) is 32.1 Å². The van der Waals surface area contributed by atoms with Crippen LogP contribution in [0.1, 0.15) is 26.7 Å². The van der Waals surface area contributed by atoms with E-state index >= 15 is 0 Å². The lowest BCUT2D eigenvalue weighted by Gasteiger charge is -2.07. The number of epoxide rings is 1. The second-order valence-corrected chi connectivity index (χ2v) is 3.28. The highest BCUT2D eigenvalue weighted by atomic mass is 16.6. The second-order valence-electron chi connectivity index (χ2n) is 3.28. The van der Waals surface area contributed by atoms with Gasteiger partial charge in [-0.15, -0.1) is 0 Å². The van der Waals surface area contributed by atoms with E-state index in [1.165, 1.54) is 5.57 Å². The van der Waals surface area contributed by atoms with Crippen molar-refractivity contribution in [1.82, 2.24) is 0 Å². The number of allylic oxidation sites excluding steroid dienone is 2. The molecule has 2 atom stereocenters. The third-order valence-corrected chi connectivity index (χ3v) is 2.68. The molecule has 0 spiro atoms. The van der Waals surface area contributed by atoms with Gasteiger partial charge in [0.15, 0.2) is 0 Å². The topological polar surface area (TPSA) is 12.5 Å². The number of fused-ring (bicyclic) bond motifs is 1. The zero-order valence-corrected chi connectivity index (χ0v) is 7.13. The lowest BCUT2D eigenvalue weighted by Crippen LogP contribution is -2.11. The standard InChI is InChI=1S/C10H14O/c1-3-8-5-6-10(4-2)9(7-8)11-10/h5-7,9H,3-4H2,1-2H3. The highest BCUT2D eigenvalue weighted by Gasteiger charge is 2.52. The average molecular weight is 150 g/mol. The molecule has 2 rings (SSSR count). The van der Waals surface area contributed by atoms with Crippen LogP contribution < -0.4 is 0 Å². The van der Waals surface area contributed by atoms with Gasteiger partial charge in [-0.25, -0.2) is 0 Å². The molecule has 0 radical (unpaired) electrons. The van der Waals surface area contributed by atoms with Crippen LogP contribution in [0.2, 0.25) is 0 Å². The molecule has 0 aromatic heterocycles. The maximum Gasteiger partial charge on any atom is 0.117 e. The van der Waals surface area contributed by atoms with Gasteiger partial charge in [0.25, 0.3) is 0 Å². The monoisotopic (exact) mass is 150 g/mol. The lowest BCUT2D eigenvalue weighted by atomic mass is 9.94. The predicted octanol–water partition coefficient (Wildman–Crippen LogP) is 2.44. The van der Waals surface area contributed by atoms with Gasteiger partial charge in [0.2, 0.25) is 0 Å². The molecule has 1 nitrogen and oxygen atoms in total. The normalized spacial score (nSPS) is 39.8. The molecule has 2 aliphatic rings. The zero-order chi connectivity index (χ0) is 7.90. The molecule has 0 amide bonds. The van der Waals surface area contributed by atoms with E-state index in [9.17, 15) is 0 Å². The summed E-state index contributed by atoms with van der Waals surface area (Å²) < 4.78 is 5.58. The average Bonchev–Trinajstić information content (AvgIpc) is 2.77. The second kappa shape index (κ2) is 2.21. The van der Waals surface area contributed by atoms with Crippen molar-refractivity contribution in [3.05, 3.63) is 23.8 Å². The summed E-state index contributed by atoms with van der Waals surface area (Å²) in [6.07, 6.45) is 9.29. The smallest absolute Gasteiger partial charge is 0.117 e. The quantitative estimate of drug-likeness (QED) is 0.551. The first-order chi connectivity index (χ1) is 5.30. The molecular weight excluding hydrogens is 136 g/mol. The van der Waals surface area contributed by atoms with E-state index in [-0.39, 0.29) is 5.60 Å². The Morgan fingerprint density at radius 3 is 2.91 bits per heavy atom. The highest BCUT2D eigenvalue weighted by molar-refractivity contribution is 5.36. The SMILES string of the molecule is CCC1=CC2OC2(CC)C=C1. The third-order valence-electron chi connectivity index (χ3n) is 2.68. The van der Waals surface area contributed by atoms with E-state index in [0.29, 0.717) is 6.10 Å². The minimum absolute atomic E-state index is 0.110. The van der Waals surface area contributed by atoms with Gasteiger partial charge in [-0.1, -0.05) is 19.9 Å². The van der Waals surface area contributed by atoms with Crippen LogP contribution >= 0.6 is 0 Å². The fourth-order valence-electron chi connectivity index (χ4n) is 1.65. The van der Waals surface area contributed by atoms with Crippen LogP contribution in [0.4, 0.5) is 0 Å². The van der Waals surface area contributed by atoms with Gasteiger partial charge >= 0.3 is 0 Å². The van der Waals surface area contributed by atoms with Crippen LogP contribution in [-0.4, -0.2) is 11.7 Å². The van der Waals surface area contributed by atoms with E-state index in [1.54, 1.807) is 0 Å². The molecule has 1 aliphatic heterocycles. The van der Waals surface area contributed by atoms with Gasteiger partial charge in [-0.3, -0.25) is 0 Å². The predicted molar refractivity (Wildman–Crippen MR) is 45.4 cm³/mol. The fraction of sp³-hybridized carbons (Fsp3) is 0.600. The summed E-state index contributed by atoms with van der Waals surface area (Å²) in [6.45, 7) is 4.35. The Bertz CT molecular complexity index is 227. The Hall–Kier alpha value is -0.560. The summed E-state index contributed by atoms with van der Waals surface area (Å²) in [7, 11) is 0. The van der Waals surface area contributed by atoms with Crippen LogP contribution in [0.5, 0.6) is 0 Å². The van der Waals surface area contributed by atoms with E-state index in [4.69, 9.17) is 4.74 Å². The van der Waals surface area contributed by atoms with Crippen molar-refractivity contribution in [3.8, 4) is 0 Å². The molecule has 11 heavy (non-hydrogen) atoms. The number of ether oxygens (including phenoxy) is 1. The molecule has 1 saturated heterocycles. The first-order valence-electron chi connectivity index (χ1n) is 4.38. The van der Waals surface area contributed by atoms with Crippen molar-refractivity contribution in [3.63, 3.8) is 0 Å². The van der Waals surface area contributed by atoms with Crippen LogP contribution in [0.3, 0.4) is 0 Å². The summed E-state index contributed by atoms with van der Waals surface area (Å²) in [5, 5.41) is 0. The summed E-state index contributed by atoms with van der Waals surface area (Å²) in [5.74, 6) is 0. The van der Waals surface area contributed by atoms with Crippen molar-refractivity contribution < 1.29 is 4.74 Å². The van der Waals surface area contributed by atoms with Crippen LogP contribution in [0.15, 0.2) is 23.8 Å². The number of rotatable bonds is 2. The molecule has 0 aromatic carbocycles. The minimum atomic E-state index is 0.110. The van der Waals surface area contributed by atoms with E-state index in [1.807, 2.05) is 0 Å². The van der Waals surface area contributed by atoms with Gasteiger partial charge in [0, 0.05) is 0 Å². The van der Waals surface area contributed by atoms with E-state index < -0.39 is 0 Å². The largest absolute Gasteiger partial charge is 0.357 e. The molecule has 2 unspecified atom stereocenters. The first-order valence-corrected chi connectivity index (χ1v) is 4.38. The van der Waals surface area contributed by atoms with Gasteiger partial charge in [-0.2, -0.15) is 0 Å². The Morgan fingerprint density at radius 2 is 2.36 bits per heavy atom. The van der Waals surface area contributed by atoms with E-state index in [0.717, 1.165) is 12.8 Å². The molecule has 0 N–H and O–H groups in total. The van der Waals surface area contributed by atoms with Crippen molar-refractivity contribution in [1.29, 1.82) is 0 Å². The summed E-state index contributed by atoms with van der Waals surface area (Å²) in [5.41, 5.74) is 1.52.